The molecule has 0 spiro atoms. The van der Waals surface area contributed by atoms with E-state index in [0.29, 0.717) is 38.1 Å². The first kappa shape index (κ1) is 26.3. The molecule has 0 amide bonds. The maximum absolute atomic E-state index is 13.5. The first-order valence-corrected chi connectivity index (χ1v) is 14.3. The number of carbonyl (C=O) groups is 2. The Morgan fingerprint density at radius 2 is 2.06 bits per heavy atom. The lowest BCUT2D eigenvalue weighted by Crippen LogP contribution is -2.61. The van der Waals surface area contributed by atoms with Gasteiger partial charge in [-0.15, -0.1) is 16.1 Å². The molecule has 1 aromatic carbocycles. The highest BCUT2D eigenvalue weighted by atomic mass is 79.9. The number of nitrogens with zero attached hydrogens (tertiary/aromatic N) is 1. The number of methoxy groups -OCH3 is 1. The number of fused-ring (bicyclic) bond motifs is 1. The number of hydrogen-bond donors (Lipinski definition) is 1. The summed E-state index contributed by atoms with van der Waals surface area (Å²) in [7, 11) is 1.32. The number of hydrogen-bond acceptors (Lipinski definition) is 9. The quantitative estimate of drug-likeness (QED) is 0.345. The lowest BCUT2D eigenvalue weighted by atomic mass is 9.77. The van der Waals surface area contributed by atoms with Crippen molar-refractivity contribution in [2.24, 2.45) is 5.92 Å². The summed E-state index contributed by atoms with van der Waals surface area (Å²) in [6.45, 7) is 4.64. The summed E-state index contributed by atoms with van der Waals surface area (Å²) in [5.41, 5.74) is 1.58. The number of anilines is 1. The smallest absolute Gasteiger partial charge is 0.350 e. The van der Waals surface area contributed by atoms with E-state index in [9.17, 15) is 14.1 Å². The van der Waals surface area contributed by atoms with E-state index in [1.54, 1.807) is 6.92 Å². The van der Waals surface area contributed by atoms with Gasteiger partial charge in [0.25, 0.3) is 0 Å². The van der Waals surface area contributed by atoms with Crippen LogP contribution in [0.25, 0.3) is 0 Å². The van der Waals surface area contributed by atoms with Gasteiger partial charge in [-0.05, 0) is 60.7 Å². The van der Waals surface area contributed by atoms with Crippen LogP contribution in [0.15, 0.2) is 32.9 Å². The minimum absolute atomic E-state index is 0.133. The van der Waals surface area contributed by atoms with Gasteiger partial charge in [0.05, 0.1) is 37.7 Å². The van der Waals surface area contributed by atoms with Gasteiger partial charge in [0.1, 0.15) is 27.0 Å². The second-order valence-electron chi connectivity index (χ2n) is 8.53. The topological polar surface area (TPSA) is 100 Å². The van der Waals surface area contributed by atoms with Crippen LogP contribution in [0.2, 0.25) is 0 Å². The zero-order valence-electron chi connectivity index (χ0n) is 19.9. The fourth-order valence-electron chi connectivity index (χ4n) is 4.40. The maximum atomic E-state index is 13.5. The molecule has 2 aliphatic rings. The lowest BCUT2D eigenvalue weighted by molar-refractivity contribution is -0.146. The second kappa shape index (κ2) is 11.5. The number of thiophene rings is 1. The van der Waals surface area contributed by atoms with Crippen molar-refractivity contribution in [1.82, 2.24) is 4.72 Å². The number of aryl methyl sites for hydroxylation is 1. The van der Waals surface area contributed by atoms with Crippen molar-refractivity contribution in [3.05, 3.63) is 38.5 Å². The van der Waals surface area contributed by atoms with Crippen LogP contribution in [0.4, 0.5) is 5.69 Å². The number of carbonyl (C=O) groups excluding carboxylic acids is 2. The van der Waals surface area contributed by atoms with E-state index in [-0.39, 0.29) is 12.5 Å². The molecule has 35 heavy (non-hydrogen) atoms. The SMILES string of the molecule is CCOC(=O)C(C(N[S+]([O-])c1ccc(C)cc1)C1CCC1)N1CCOc2c(Br)sc(C(=O)OC)c21. The van der Waals surface area contributed by atoms with E-state index in [0.717, 1.165) is 24.8 Å². The maximum Gasteiger partial charge on any atom is 0.350 e. The van der Waals surface area contributed by atoms with Gasteiger partial charge in [-0.25, -0.2) is 9.59 Å². The van der Waals surface area contributed by atoms with Gasteiger partial charge in [0, 0.05) is 0 Å². The summed E-state index contributed by atoms with van der Waals surface area (Å²) >= 11 is 3.16. The molecule has 0 saturated heterocycles. The number of nitrogens with one attached hydrogen (secondary N) is 1. The Labute approximate surface area is 220 Å². The lowest BCUT2D eigenvalue weighted by Gasteiger charge is -2.43. The third kappa shape index (κ3) is 5.48. The van der Waals surface area contributed by atoms with Gasteiger partial charge in [-0.1, -0.05) is 24.1 Å². The van der Waals surface area contributed by atoms with Crippen molar-refractivity contribution in [3.63, 3.8) is 0 Å². The van der Waals surface area contributed by atoms with Crippen molar-refractivity contribution >= 4 is 56.3 Å². The summed E-state index contributed by atoms with van der Waals surface area (Å²) in [5, 5.41) is 0. The van der Waals surface area contributed by atoms with E-state index in [1.807, 2.05) is 36.1 Å². The minimum Gasteiger partial charge on any atom is -0.593 e. The van der Waals surface area contributed by atoms with E-state index in [2.05, 4.69) is 20.7 Å². The Bertz CT molecular complexity index is 1060. The molecule has 2 aromatic rings. The molecule has 190 valence electrons. The summed E-state index contributed by atoms with van der Waals surface area (Å²) in [4.78, 5) is 29.0. The zero-order chi connectivity index (χ0) is 25.1. The molecule has 2 heterocycles. The van der Waals surface area contributed by atoms with E-state index < -0.39 is 35.4 Å². The Hall–Kier alpha value is -1.79. The number of esters is 2. The number of rotatable bonds is 9. The Morgan fingerprint density at radius 1 is 1.34 bits per heavy atom. The van der Waals surface area contributed by atoms with Crippen molar-refractivity contribution in [1.29, 1.82) is 0 Å². The average molecular weight is 586 g/mol. The Morgan fingerprint density at radius 3 is 2.66 bits per heavy atom. The van der Waals surface area contributed by atoms with Crippen LogP contribution in [0, 0.1) is 12.8 Å². The minimum atomic E-state index is -1.54. The van der Waals surface area contributed by atoms with Gasteiger partial charge >= 0.3 is 11.9 Å². The molecular weight excluding hydrogens is 556 g/mol. The van der Waals surface area contributed by atoms with Crippen LogP contribution >= 0.6 is 27.3 Å². The molecule has 3 unspecified atom stereocenters. The van der Waals surface area contributed by atoms with Gasteiger partial charge < -0.3 is 23.7 Å². The first-order valence-electron chi connectivity index (χ1n) is 11.6. The predicted octanol–water partition coefficient (Wildman–Crippen LogP) is 4.22. The standard InChI is InChI=1S/C24H29BrN2O6S2/c1-4-32-23(28)18(27-12-13-33-20-19(27)21(24(29)31-3)34-22(20)25)17(15-6-5-7-15)26-35(30)16-10-8-14(2)9-11-16/h8-11,15,17-18,26H,4-7,12-13H2,1-3H3. The molecule has 1 N–H and O–H groups in total. The fourth-order valence-corrected chi connectivity index (χ4v) is 7.18. The largest absolute Gasteiger partial charge is 0.593 e. The predicted molar refractivity (Wildman–Crippen MR) is 138 cm³/mol. The van der Waals surface area contributed by atoms with Crippen molar-refractivity contribution in [2.45, 2.75) is 50.1 Å². The third-order valence-electron chi connectivity index (χ3n) is 6.38. The number of halogens is 1. The van der Waals surface area contributed by atoms with Crippen LogP contribution < -0.4 is 14.4 Å². The number of benzene rings is 1. The van der Waals surface area contributed by atoms with Crippen molar-refractivity contribution in [3.8, 4) is 5.75 Å². The van der Waals surface area contributed by atoms with E-state index in [1.165, 1.54) is 18.4 Å². The molecule has 11 heteroatoms. The molecule has 0 bridgehead atoms. The Kier molecular flexibility index (Phi) is 8.64. The third-order valence-corrected chi connectivity index (χ3v) is 9.34. The molecular formula is C24H29BrN2O6S2. The van der Waals surface area contributed by atoms with Gasteiger partial charge in [-0.3, -0.25) is 0 Å². The molecule has 1 saturated carbocycles. The van der Waals surface area contributed by atoms with Gasteiger partial charge in [0.15, 0.2) is 10.6 Å². The summed E-state index contributed by atoms with van der Waals surface area (Å²) < 4.78 is 33.7. The highest BCUT2D eigenvalue weighted by molar-refractivity contribution is 9.11. The van der Waals surface area contributed by atoms with E-state index in [4.69, 9.17) is 14.2 Å². The first-order chi connectivity index (χ1) is 16.8. The highest BCUT2D eigenvalue weighted by Crippen LogP contribution is 2.49. The van der Waals surface area contributed by atoms with Gasteiger partial charge in [0.2, 0.25) is 0 Å². The van der Waals surface area contributed by atoms with Crippen LogP contribution in [0.5, 0.6) is 5.75 Å². The fraction of sp³-hybridized carbons (Fsp3) is 0.500. The molecule has 0 radical (unpaired) electrons. The van der Waals surface area contributed by atoms with Crippen LogP contribution in [-0.4, -0.2) is 55.4 Å². The van der Waals surface area contributed by atoms with Gasteiger partial charge in [-0.2, -0.15) is 0 Å². The van der Waals surface area contributed by atoms with Crippen molar-refractivity contribution < 1.29 is 28.4 Å². The normalized spacial score (nSPS) is 18.0. The summed E-state index contributed by atoms with van der Waals surface area (Å²) in [5.74, 6) is -0.299. The van der Waals surface area contributed by atoms with Crippen LogP contribution in [0.3, 0.4) is 0 Å². The molecule has 4 rings (SSSR count). The molecule has 1 aliphatic heterocycles. The second-order valence-corrected chi connectivity index (χ2v) is 12.1. The molecule has 1 aromatic heterocycles. The zero-order valence-corrected chi connectivity index (χ0v) is 23.1. The molecule has 1 fully saturated rings. The summed E-state index contributed by atoms with van der Waals surface area (Å²) in [6.07, 6.45) is 2.86. The average Bonchev–Trinajstić information content (AvgIpc) is 3.15. The van der Waals surface area contributed by atoms with Crippen LogP contribution in [-0.2, 0) is 25.6 Å². The van der Waals surface area contributed by atoms with E-state index >= 15 is 0 Å². The monoisotopic (exact) mass is 584 g/mol. The summed E-state index contributed by atoms with van der Waals surface area (Å²) in [6, 6.07) is 6.22. The van der Waals surface area contributed by atoms with Crippen molar-refractivity contribution in [2.75, 3.05) is 31.8 Å². The molecule has 3 atom stereocenters. The number of ether oxygens (including phenoxy) is 3. The van der Waals surface area contributed by atoms with Crippen LogP contribution in [0.1, 0.15) is 41.4 Å². The highest BCUT2D eigenvalue weighted by Gasteiger charge is 2.47. The Balaban J connectivity index is 1.75. The molecule has 8 nitrogen and oxygen atoms in total. The molecule has 1 aliphatic carbocycles.